The maximum atomic E-state index is 12.1. The molecule has 0 atom stereocenters. The van der Waals surface area contributed by atoms with Crippen molar-refractivity contribution in [3.8, 4) is 0 Å². The maximum absolute atomic E-state index is 12.1. The summed E-state index contributed by atoms with van der Waals surface area (Å²) in [6.07, 6.45) is 6.29. The summed E-state index contributed by atoms with van der Waals surface area (Å²) in [5.74, 6) is -0.454. The number of nitrogens with zero attached hydrogens (tertiary/aromatic N) is 1. The molecule has 21 heavy (non-hydrogen) atoms. The number of allylic oxidation sites excluding steroid dienone is 1. The molecular formula is C14H14Cl2N2O3. The molecule has 0 spiro atoms. The molecule has 0 heterocycles. The molecule has 7 heteroatoms. The molecule has 1 aliphatic rings. The van der Waals surface area contributed by atoms with Crippen LogP contribution in [0.2, 0.25) is 10.0 Å². The molecule has 5 nitrogen and oxygen atoms in total. The highest BCUT2D eigenvalue weighted by molar-refractivity contribution is 6.44. The van der Waals surface area contributed by atoms with Gasteiger partial charge in [0.15, 0.2) is 0 Å². The quantitative estimate of drug-likeness (QED) is 0.501. The van der Waals surface area contributed by atoms with Crippen molar-refractivity contribution in [1.29, 1.82) is 0 Å². The van der Waals surface area contributed by atoms with E-state index in [1.807, 2.05) is 0 Å². The van der Waals surface area contributed by atoms with Crippen LogP contribution in [0.5, 0.6) is 0 Å². The standard InChI is InChI=1S/C14H14Cl2N2O3/c15-12-8-10(18(20)21)7-11(13(12)16)14(19)17-6-5-9-3-1-2-4-9/h3,7-8H,1-2,4-6H2,(H,17,19). The van der Waals surface area contributed by atoms with Gasteiger partial charge in [-0.2, -0.15) is 0 Å². The molecule has 1 amide bonds. The molecule has 0 saturated heterocycles. The number of halogens is 2. The van der Waals surface area contributed by atoms with E-state index < -0.39 is 10.8 Å². The Morgan fingerprint density at radius 2 is 2.14 bits per heavy atom. The number of hydrogen-bond donors (Lipinski definition) is 1. The summed E-state index contributed by atoms with van der Waals surface area (Å²) >= 11 is 11.8. The molecule has 0 aliphatic heterocycles. The summed E-state index contributed by atoms with van der Waals surface area (Å²) in [7, 11) is 0. The third-order valence-corrected chi connectivity index (χ3v) is 4.14. The van der Waals surface area contributed by atoms with Crippen LogP contribution in [-0.4, -0.2) is 17.4 Å². The van der Waals surface area contributed by atoms with Crippen LogP contribution in [0, 0.1) is 10.1 Å². The molecule has 2 rings (SSSR count). The molecule has 1 aliphatic carbocycles. The maximum Gasteiger partial charge on any atom is 0.271 e. The van der Waals surface area contributed by atoms with Crippen LogP contribution >= 0.6 is 23.2 Å². The van der Waals surface area contributed by atoms with Crippen LogP contribution < -0.4 is 5.32 Å². The molecule has 0 fully saturated rings. The molecule has 112 valence electrons. The van der Waals surface area contributed by atoms with Gasteiger partial charge >= 0.3 is 0 Å². The summed E-state index contributed by atoms with van der Waals surface area (Å²) in [5, 5.41) is 13.5. The zero-order valence-corrected chi connectivity index (χ0v) is 12.7. The van der Waals surface area contributed by atoms with E-state index in [2.05, 4.69) is 11.4 Å². The number of amides is 1. The number of nitro groups is 1. The average molecular weight is 329 g/mol. The Labute approximate surface area is 132 Å². The highest BCUT2D eigenvalue weighted by Crippen LogP contribution is 2.30. The Bertz CT molecular complexity index is 614. The van der Waals surface area contributed by atoms with Crippen molar-refractivity contribution in [3.05, 3.63) is 49.5 Å². The molecule has 0 bridgehead atoms. The first kappa shape index (κ1) is 15.8. The van der Waals surface area contributed by atoms with Crippen molar-refractivity contribution in [2.45, 2.75) is 25.7 Å². The fraction of sp³-hybridized carbons (Fsp3) is 0.357. The first-order valence-corrected chi connectivity index (χ1v) is 7.34. The van der Waals surface area contributed by atoms with Gasteiger partial charge in [-0.15, -0.1) is 0 Å². The monoisotopic (exact) mass is 328 g/mol. The van der Waals surface area contributed by atoms with Crippen LogP contribution in [-0.2, 0) is 0 Å². The fourth-order valence-corrected chi connectivity index (χ4v) is 2.65. The van der Waals surface area contributed by atoms with Gasteiger partial charge in [0.2, 0.25) is 0 Å². The number of non-ortho nitro benzene ring substituents is 1. The summed E-state index contributed by atoms with van der Waals surface area (Å²) < 4.78 is 0. The molecule has 0 saturated carbocycles. The van der Waals surface area contributed by atoms with E-state index in [9.17, 15) is 14.9 Å². The summed E-state index contributed by atoms with van der Waals surface area (Å²) in [5.41, 5.74) is 1.10. The van der Waals surface area contributed by atoms with Crippen molar-refractivity contribution in [2.24, 2.45) is 0 Å². The lowest BCUT2D eigenvalue weighted by Gasteiger charge is -2.08. The minimum atomic E-state index is -0.609. The van der Waals surface area contributed by atoms with Gasteiger partial charge in [-0.05, 0) is 25.7 Å². The molecule has 1 N–H and O–H groups in total. The first-order valence-electron chi connectivity index (χ1n) is 6.58. The minimum Gasteiger partial charge on any atom is -0.352 e. The van der Waals surface area contributed by atoms with Crippen molar-refractivity contribution in [1.82, 2.24) is 5.32 Å². The Hall–Kier alpha value is -1.59. The average Bonchev–Trinajstić information content (AvgIpc) is 2.94. The molecule has 0 radical (unpaired) electrons. The molecule has 0 aromatic heterocycles. The van der Waals surface area contributed by atoms with Crippen molar-refractivity contribution in [3.63, 3.8) is 0 Å². The van der Waals surface area contributed by atoms with Crippen molar-refractivity contribution >= 4 is 34.8 Å². The van der Waals surface area contributed by atoms with E-state index in [0.29, 0.717) is 6.54 Å². The predicted molar refractivity (Wildman–Crippen MR) is 82.0 cm³/mol. The number of carbonyl (C=O) groups excluding carboxylic acids is 1. The van der Waals surface area contributed by atoms with Gasteiger partial charge in [-0.3, -0.25) is 14.9 Å². The normalized spacial score (nSPS) is 13.9. The highest BCUT2D eigenvalue weighted by atomic mass is 35.5. The molecular weight excluding hydrogens is 315 g/mol. The Morgan fingerprint density at radius 1 is 1.38 bits per heavy atom. The topological polar surface area (TPSA) is 72.2 Å². The third kappa shape index (κ3) is 3.95. The lowest BCUT2D eigenvalue weighted by molar-refractivity contribution is -0.384. The number of nitro benzene ring substituents is 1. The van der Waals surface area contributed by atoms with E-state index >= 15 is 0 Å². The van der Waals surface area contributed by atoms with Gasteiger partial charge in [-0.25, -0.2) is 0 Å². The molecule has 0 unspecified atom stereocenters. The van der Waals surface area contributed by atoms with E-state index in [1.165, 1.54) is 5.57 Å². The summed E-state index contributed by atoms with van der Waals surface area (Å²) in [6, 6.07) is 2.27. The SMILES string of the molecule is O=C(NCCC1=CCCC1)c1cc([N+](=O)[O-])cc(Cl)c1Cl. The number of hydrogen-bond acceptors (Lipinski definition) is 3. The highest BCUT2D eigenvalue weighted by Gasteiger charge is 2.19. The van der Waals surface area contributed by atoms with E-state index in [0.717, 1.165) is 37.8 Å². The third-order valence-electron chi connectivity index (χ3n) is 3.34. The second kappa shape index (κ2) is 6.91. The van der Waals surface area contributed by atoms with Gasteiger partial charge in [0.05, 0.1) is 20.5 Å². The van der Waals surface area contributed by atoms with Crippen LogP contribution in [0.4, 0.5) is 5.69 Å². The molecule has 1 aromatic rings. The summed E-state index contributed by atoms with van der Waals surface area (Å²) in [4.78, 5) is 22.3. The van der Waals surface area contributed by atoms with Crippen LogP contribution in [0.1, 0.15) is 36.0 Å². The largest absolute Gasteiger partial charge is 0.352 e. The number of nitrogens with one attached hydrogen (secondary N) is 1. The minimum absolute atomic E-state index is 0.00508. The number of rotatable bonds is 5. The van der Waals surface area contributed by atoms with E-state index in [-0.39, 0.29) is 21.3 Å². The van der Waals surface area contributed by atoms with Gasteiger partial charge in [0.1, 0.15) is 0 Å². The van der Waals surface area contributed by atoms with Crippen molar-refractivity contribution in [2.75, 3.05) is 6.54 Å². The Balaban J connectivity index is 2.05. The second-order valence-electron chi connectivity index (χ2n) is 4.81. The number of carbonyl (C=O) groups is 1. The second-order valence-corrected chi connectivity index (χ2v) is 5.59. The van der Waals surface area contributed by atoms with Gasteiger partial charge in [0, 0.05) is 18.7 Å². The Morgan fingerprint density at radius 3 is 2.76 bits per heavy atom. The van der Waals surface area contributed by atoms with Crippen molar-refractivity contribution < 1.29 is 9.72 Å². The summed E-state index contributed by atoms with van der Waals surface area (Å²) in [6.45, 7) is 0.474. The van der Waals surface area contributed by atoms with Crippen LogP contribution in [0.3, 0.4) is 0 Å². The zero-order valence-electron chi connectivity index (χ0n) is 11.2. The van der Waals surface area contributed by atoms with Crippen LogP contribution in [0.15, 0.2) is 23.8 Å². The van der Waals surface area contributed by atoms with E-state index in [4.69, 9.17) is 23.2 Å². The van der Waals surface area contributed by atoms with Gasteiger partial charge in [0.25, 0.3) is 11.6 Å². The molecule has 1 aromatic carbocycles. The first-order chi connectivity index (χ1) is 9.99. The smallest absolute Gasteiger partial charge is 0.271 e. The predicted octanol–water partition coefficient (Wildman–Crippen LogP) is 4.13. The van der Waals surface area contributed by atoms with Gasteiger partial charge in [-0.1, -0.05) is 34.9 Å². The van der Waals surface area contributed by atoms with E-state index in [1.54, 1.807) is 0 Å². The lowest BCUT2D eigenvalue weighted by Crippen LogP contribution is -2.25. The zero-order chi connectivity index (χ0) is 15.4. The van der Waals surface area contributed by atoms with Crippen LogP contribution in [0.25, 0.3) is 0 Å². The Kier molecular flexibility index (Phi) is 5.20. The van der Waals surface area contributed by atoms with Gasteiger partial charge < -0.3 is 5.32 Å². The lowest BCUT2D eigenvalue weighted by atomic mass is 10.1. The fourth-order valence-electron chi connectivity index (χ4n) is 2.24. The number of benzene rings is 1.